The molecule has 2 aromatic carbocycles. The molecule has 1 aliphatic carbocycles. The van der Waals surface area contributed by atoms with E-state index in [2.05, 4.69) is 37.9 Å². The standard InChI is InChI=1S/C36H36N8O3S/c1-42-23-25(21-39-42)32-29(24-9-5-3-6-10-24)30-31-28(22-38-33(30)40-32)43(2)34(45)36(31)14-17-44(18-15-36)35(13-16-37)19-26(20-35)41-48(46,47)27-11-7-4-8-12-27/h3-12,21-23,26,41H,13-15,17-20H2,1-2H3,(H,38,40). The number of likely N-dealkylation sites (N-methyl/N-ethyl adjacent to an activating group) is 1. The first-order chi connectivity index (χ1) is 23.2. The summed E-state index contributed by atoms with van der Waals surface area (Å²) in [5.41, 5.74) is 5.22. The van der Waals surface area contributed by atoms with Gasteiger partial charge in [-0.1, -0.05) is 48.5 Å². The molecule has 12 heteroatoms. The summed E-state index contributed by atoms with van der Waals surface area (Å²) in [7, 11) is 0.0621. The molecule has 8 rings (SSSR count). The molecular formula is C36H36N8O3S. The van der Waals surface area contributed by atoms with Gasteiger partial charge >= 0.3 is 0 Å². The summed E-state index contributed by atoms with van der Waals surface area (Å²) >= 11 is 0. The largest absolute Gasteiger partial charge is 0.339 e. The van der Waals surface area contributed by atoms with Crippen molar-refractivity contribution in [3.8, 4) is 28.5 Å². The van der Waals surface area contributed by atoms with Crippen molar-refractivity contribution in [3.63, 3.8) is 0 Å². The van der Waals surface area contributed by atoms with Gasteiger partial charge in [0.2, 0.25) is 15.9 Å². The Balaban J connectivity index is 1.14. The van der Waals surface area contributed by atoms with Crippen molar-refractivity contribution in [2.24, 2.45) is 7.05 Å². The van der Waals surface area contributed by atoms with Gasteiger partial charge in [0, 0.05) is 67.0 Å². The van der Waals surface area contributed by atoms with Gasteiger partial charge in [-0.15, -0.1) is 0 Å². The van der Waals surface area contributed by atoms with Gasteiger partial charge in [0.05, 0.1) is 46.6 Å². The molecule has 0 atom stereocenters. The Hall–Kier alpha value is -4.83. The quantitative estimate of drug-likeness (QED) is 0.257. The number of carbonyl (C=O) groups excluding carboxylic acids is 1. The number of aromatic amines is 1. The second-order valence-electron chi connectivity index (χ2n) is 13.4. The number of amides is 1. The number of anilines is 1. The predicted octanol–water partition coefficient (Wildman–Crippen LogP) is 4.73. The predicted molar refractivity (Wildman–Crippen MR) is 182 cm³/mol. The number of rotatable bonds is 7. The van der Waals surface area contributed by atoms with Crippen LogP contribution in [0.4, 0.5) is 5.69 Å². The lowest BCUT2D eigenvalue weighted by atomic mass is 9.66. The monoisotopic (exact) mass is 660 g/mol. The number of H-pyrrole nitrogens is 1. The van der Waals surface area contributed by atoms with Crippen LogP contribution in [0.1, 0.15) is 37.7 Å². The fourth-order valence-electron chi connectivity index (χ4n) is 8.40. The molecular weight excluding hydrogens is 625 g/mol. The van der Waals surface area contributed by atoms with E-state index in [1.807, 2.05) is 50.9 Å². The topological polar surface area (TPSA) is 140 Å². The summed E-state index contributed by atoms with van der Waals surface area (Å²) in [6.45, 7) is 1.23. The molecule has 11 nitrogen and oxygen atoms in total. The van der Waals surface area contributed by atoms with Gasteiger partial charge in [0.1, 0.15) is 5.65 Å². The van der Waals surface area contributed by atoms with Crippen LogP contribution >= 0.6 is 0 Å². The highest BCUT2D eigenvalue weighted by molar-refractivity contribution is 7.89. The van der Waals surface area contributed by atoms with Gasteiger partial charge < -0.3 is 9.88 Å². The third kappa shape index (κ3) is 4.60. The summed E-state index contributed by atoms with van der Waals surface area (Å²) < 4.78 is 30.7. The summed E-state index contributed by atoms with van der Waals surface area (Å²) in [5, 5.41) is 15.2. The molecule has 0 unspecified atom stereocenters. The third-order valence-electron chi connectivity index (χ3n) is 10.7. The lowest BCUT2D eigenvalue weighted by Gasteiger charge is -2.56. The van der Waals surface area contributed by atoms with E-state index in [1.54, 1.807) is 39.9 Å². The minimum atomic E-state index is -3.66. The highest BCUT2D eigenvalue weighted by atomic mass is 32.2. The minimum Gasteiger partial charge on any atom is -0.339 e. The number of pyridine rings is 1. The molecule has 3 aliphatic rings. The number of hydrogen-bond donors (Lipinski definition) is 2. The zero-order valence-corrected chi connectivity index (χ0v) is 27.7. The number of hydrogen-bond acceptors (Lipinski definition) is 7. The Morgan fingerprint density at radius 1 is 1.00 bits per heavy atom. The lowest BCUT2D eigenvalue weighted by Crippen LogP contribution is -2.65. The van der Waals surface area contributed by atoms with Crippen molar-refractivity contribution in [3.05, 3.63) is 84.8 Å². The number of nitrogens with zero attached hydrogens (tertiary/aromatic N) is 6. The van der Waals surface area contributed by atoms with E-state index in [4.69, 9.17) is 4.98 Å². The van der Waals surface area contributed by atoms with Gasteiger partial charge in [0.25, 0.3) is 0 Å². The van der Waals surface area contributed by atoms with Crippen LogP contribution in [0.15, 0.2) is 84.1 Å². The van der Waals surface area contributed by atoms with E-state index in [-0.39, 0.29) is 16.8 Å². The second-order valence-corrected chi connectivity index (χ2v) is 15.1. The van der Waals surface area contributed by atoms with Crippen LogP contribution in [0.5, 0.6) is 0 Å². The zero-order chi connectivity index (χ0) is 33.3. The van der Waals surface area contributed by atoms with Crippen molar-refractivity contribution < 1.29 is 13.2 Å². The second kappa shape index (κ2) is 11.1. The Bertz CT molecular complexity index is 2190. The first-order valence-corrected chi connectivity index (χ1v) is 17.7. The first kappa shape index (κ1) is 30.5. The summed E-state index contributed by atoms with van der Waals surface area (Å²) in [6, 6.07) is 20.7. The molecule has 1 saturated carbocycles. The smallest absolute Gasteiger partial charge is 0.240 e. The van der Waals surface area contributed by atoms with E-state index in [9.17, 15) is 18.5 Å². The van der Waals surface area contributed by atoms with Crippen molar-refractivity contribution in [1.29, 1.82) is 5.26 Å². The van der Waals surface area contributed by atoms with Crippen LogP contribution < -0.4 is 9.62 Å². The van der Waals surface area contributed by atoms with E-state index < -0.39 is 21.0 Å². The highest BCUT2D eigenvalue weighted by Crippen LogP contribution is 2.54. The van der Waals surface area contributed by atoms with Gasteiger partial charge in [-0.3, -0.25) is 14.4 Å². The van der Waals surface area contributed by atoms with Gasteiger partial charge in [-0.05, 0) is 43.4 Å². The van der Waals surface area contributed by atoms with E-state index in [0.717, 1.165) is 44.7 Å². The molecule has 1 amide bonds. The van der Waals surface area contributed by atoms with Crippen molar-refractivity contribution in [2.75, 3.05) is 25.0 Å². The average molecular weight is 661 g/mol. The SMILES string of the molecule is CN1C(=O)C2(CCN(C3(CC#N)CC(NS(=O)(=O)c4ccccc4)C3)CC2)c2c1cnc1[nH]c(-c3cnn(C)c3)c(-c3ccccc3)c21. The van der Waals surface area contributed by atoms with Crippen LogP contribution in [0.3, 0.4) is 0 Å². The van der Waals surface area contributed by atoms with Crippen molar-refractivity contribution >= 4 is 32.7 Å². The van der Waals surface area contributed by atoms with E-state index in [1.165, 1.54) is 0 Å². The number of piperidine rings is 1. The Kier molecular flexibility index (Phi) is 7.07. The number of fused-ring (bicyclic) bond motifs is 4. The van der Waals surface area contributed by atoms with Crippen LogP contribution in [-0.4, -0.2) is 70.7 Å². The number of nitrogens with one attached hydrogen (secondary N) is 2. The van der Waals surface area contributed by atoms with Crippen molar-refractivity contribution in [1.82, 2.24) is 29.4 Å². The van der Waals surface area contributed by atoms with Crippen LogP contribution in [0, 0.1) is 11.3 Å². The fraction of sp³-hybridized carbons (Fsp3) is 0.333. The molecule has 244 valence electrons. The maximum atomic E-state index is 14.3. The normalized spacial score (nSPS) is 22.1. The maximum absolute atomic E-state index is 14.3. The number of likely N-dealkylation sites (tertiary alicyclic amines) is 1. The molecule has 48 heavy (non-hydrogen) atoms. The molecule has 5 aromatic rings. The Morgan fingerprint density at radius 2 is 1.69 bits per heavy atom. The number of carbonyl (C=O) groups is 1. The van der Waals surface area contributed by atoms with E-state index in [0.29, 0.717) is 45.2 Å². The molecule has 2 fully saturated rings. The number of sulfonamides is 1. The fourth-order valence-corrected chi connectivity index (χ4v) is 9.65. The molecule has 2 aliphatic heterocycles. The minimum absolute atomic E-state index is 0.0611. The van der Waals surface area contributed by atoms with Crippen LogP contribution in [0.2, 0.25) is 0 Å². The maximum Gasteiger partial charge on any atom is 0.240 e. The van der Waals surface area contributed by atoms with Crippen molar-refractivity contribution in [2.45, 2.75) is 54.0 Å². The Labute approximate surface area is 279 Å². The van der Waals surface area contributed by atoms with Gasteiger partial charge in [-0.25, -0.2) is 18.1 Å². The first-order valence-electron chi connectivity index (χ1n) is 16.2. The van der Waals surface area contributed by atoms with E-state index >= 15 is 0 Å². The molecule has 1 spiro atoms. The lowest BCUT2D eigenvalue weighted by molar-refractivity contribution is -0.126. The number of aryl methyl sites for hydroxylation is 1. The summed E-state index contributed by atoms with van der Waals surface area (Å²) in [6.07, 6.45) is 8.17. The Morgan fingerprint density at radius 3 is 2.33 bits per heavy atom. The van der Waals surface area contributed by atoms with Crippen LogP contribution in [0.25, 0.3) is 33.4 Å². The number of aromatic nitrogens is 4. The third-order valence-corrected chi connectivity index (χ3v) is 12.3. The van der Waals surface area contributed by atoms with Crippen LogP contribution in [-0.2, 0) is 27.3 Å². The highest BCUT2D eigenvalue weighted by Gasteiger charge is 2.57. The molecule has 3 aromatic heterocycles. The molecule has 1 saturated heterocycles. The summed E-state index contributed by atoms with van der Waals surface area (Å²) in [5.74, 6) is 0.0611. The van der Waals surface area contributed by atoms with Gasteiger partial charge in [0.15, 0.2) is 0 Å². The average Bonchev–Trinajstić information content (AvgIpc) is 3.75. The number of benzene rings is 2. The zero-order valence-electron chi connectivity index (χ0n) is 26.8. The summed E-state index contributed by atoms with van der Waals surface area (Å²) in [4.78, 5) is 27.1. The molecule has 5 heterocycles. The van der Waals surface area contributed by atoms with Gasteiger partial charge in [-0.2, -0.15) is 10.4 Å². The molecule has 0 bridgehead atoms. The molecule has 2 N–H and O–H groups in total. The molecule has 0 radical (unpaired) electrons. The number of nitriles is 1.